The van der Waals surface area contributed by atoms with Crippen molar-refractivity contribution in [3.63, 3.8) is 0 Å². The molecule has 3 N–H and O–H groups in total. The van der Waals surface area contributed by atoms with Gasteiger partial charge >= 0.3 is 0 Å². The van der Waals surface area contributed by atoms with Crippen molar-refractivity contribution in [2.45, 2.75) is 6.54 Å². The summed E-state index contributed by atoms with van der Waals surface area (Å²) in [5.41, 5.74) is 0.844. The molecule has 16 heavy (non-hydrogen) atoms. The minimum atomic E-state index is 0.0480. The SMILES string of the molecule is OCCOCCNCc1cccc(Br)c1O. The smallest absolute Gasteiger partial charge is 0.134 e. The maximum absolute atomic E-state index is 9.69. The van der Waals surface area contributed by atoms with E-state index in [1.165, 1.54) is 0 Å². The lowest BCUT2D eigenvalue weighted by molar-refractivity contribution is 0.0938. The Morgan fingerprint density at radius 3 is 2.88 bits per heavy atom. The van der Waals surface area contributed by atoms with Gasteiger partial charge in [0.2, 0.25) is 0 Å². The van der Waals surface area contributed by atoms with Gasteiger partial charge in [-0.2, -0.15) is 0 Å². The molecule has 1 aromatic rings. The Bertz CT molecular complexity index is 320. The second kappa shape index (κ2) is 7.62. The van der Waals surface area contributed by atoms with Gasteiger partial charge in [-0.3, -0.25) is 0 Å². The zero-order valence-corrected chi connectivity index (χ0v) is 10.5. The summed E-state index contributed by atoms with van der Waals surface area (Å²) in [6.45, 7) is 2.24. The molecule has 0 saturated heterocycles. The van der Waals surface area contributed by atoms with Crippen LogP contribution < -0.4 is 5.32 Å². The lowest BCUT2D eigenvalue weighted by Crippen LogP contribution is -2.20. The van der Waals surface area contributed by atoms with E-state index in [-0.39, 0.29) is 12.4 Å². The molecule has 90 valence electrons. The monoisotopic (exact) mass is 289 g/mol. The van der Waals surface area contributed by atoms with E-state index >= 15 is 0 Å². The van der Waals surface area contributed by atoms with Crippen molar-refractivity contribution in [3.8, 4) is 5.75 Å². The number of nitrogens with one attached hydrogen (secondary N) is 1. The molecule has 4 nitrogen and oxygen atoms in total. The van der Waals surface area contributed by atoms with Gasteiger partial charge in [0.05, 0.1) is 24.3 Å². The molecule has 0 unspecified atom stereocenters. The molecule has 1 aromatic carbocycles. The number of para-hydroxylation sites is 1. The summed E-state index contributed by atoms with van der Waals surface area (Å²) in [5, 5.41) is 21.3. The number of rotatable bonds is 7. The standard InChI is InChI=1S/C11H16BrNO3/c12-10-3-1-2-9(11(10)15)8-13-4-6-16-7-5-14/h1-3,13-15H,4-8H2. The third kappa shape index (κ3) is 4.49. The molecule has 0 saturated carbocycles. The van der Waals surface area contributed by atoms with E-state index in [0.717, 1.165) is 5.56 Å². The van der Waals surface area contributed by atoms with Crippen molar-refractivity contribution in [2.75, 3.05) is 26.4 Å². The molecular weight excluding hydrogens is 274 g/mol. The van der Waals surface area contributed by atoms with Gasteiger partial charge in [0.25, 0.3) is 0 Å². The van der Waals surface area contributed by atoms with Crippen LogP contribution in [-0.4, -0.2) is 36.6 Å². The quantitative estimate of drug-likeness (QED) is 0.662. The highest BCUT2D eigenvalue weighted by Crippen LogP contribution is 2.26. The number of phenolic OH excluding ortho intramolecular Hbond substituents is 1. The van der Waals surface area contributed by atoms with Gasteiger partial charge in [-0.15, -0.1) is 0 Å². The number of benzene rings is 1. The molecule has 0 spiro atoms. The third-order valence-electron chi connectivity index (χ3n) is 2.04. The summed E-state index contributed by atoms with van der Waals surface area (Å²) < 4.78 is 5.79. The van der Waals surface area contributed by atoms with Crippen LogP contribution in [0.1, 0.15) is 5.56 Å². The van der Waals surface area contributed by atoms with E-state index in [1.54, 1.807) is 6.07 Å². The van der Waals surface area contributed by atoms with E-state index in [0.29, 0.717) is 30.8 Å². The summed E-state index contributed by atoms with van der Waals surface area (Å²) >= 11 is 3.26. The molecule has 0 aliphatic heterocycles. The zero-order valence-electron chi connectivity index (χ0n) is 8.95. The molecule has 0 aliphatic carbocycles. The van der Waals surface area contributed by atoms with Crippen molar-refractivity contribution >= 4 is 15.9 Å². The summed E-state index contributed by atoms with van der Waals surface area (Å²) in [6, 6.07) is 5.54. The van der Waals surface area contributed by atoms with Crippen molar-refractivity contribution in [1.82, 2.24) is 5.32 Å². The molecule has 0 bridgehead atoms. The lowest BCUT2D eigenvalue weighted by Gasteiger charge is -2.08. The zero-order chi connectivity index (χ0) is 11.8. The summed E-state index contributed by atoms with van der Waals surface area (Å²) in [4.78, 5) is 0. The van der Waals surface area contributed by atoms with E-state index in [4.69, 9.17) is 9.84 Å². The average molecular weight is 290 g/mol. The number of aliphatic hydroxyl groups excluding tert-OH is 1. The molecule has 0 amide bonds. The Morgan fingerprint density at radius 1 is 1.31 bits per heavy atom. The number of aliphatic hydroxyl groups is 1. The van der Waals surface area contributed by atoms with Crippen molar-refractivity contribution < 1.29 is 14.9 Å². The molecule has 0 heterocycles. The first-order chi connectivity index (χ1) is 7.75. The molecule has 0 aliphatic rings. The van der Waals surface area contributed by atoms with Gasteiger partial charge in [-0.25, -0.2) is 0 Å². The van der Waals surface area contributed by atoms with Crippen LogP contribution in [0.3, 0.4) is 0 Å². The number of phenols is 1. The van der Waals surface area contributed by atoms with E-state index < -0.39 is 0 Å². The number of aromatic hydroxyl groups is 1. The second-order valence-electron chi connectivity index (χ2n) is 3.26. The number of halogens is 1. The van der Waals surface area contributed by atoms with Crippen LogP contribution >= 0.6 is 15.9 Å². The maximum atomic E-state index is 9.69. The van der Waals surface area contributed by atoms with Crippen LogP contribution in [-0.2, 0) is 11.3 Å². The van der Waals surface area contributed by atoms with Crippen LogP contribution in [0.2, 0.25) is 0 Å². The fourth-order valence-electron chi connectivity index (χ4n) is 1.24. The first-order valence-electron chi connectivity index (χ1n) is 5.11. The average Bonchev–Trinajstić information content (AvgIpc) is 2.29. The Morgan fingerprint density at radius 2 is 2.12 bits per heavy atom. The fourth-order valence-corrected chi connectivity index (χ4v) is 1.64. The Kier molecular flexibility index (Phi) is 6.40. The highest BCUT2D eigenvalue weighted by molar-refractivity contribution is 9.10. The van der Waals surface area contributed by atoms with Crippen molar-refractivity contribution in [3.05, 3.63) is 28.2 Å². The Balaban J connectivity index is 2.24. The fraction of sp³-hybridized carbons (Fsp3) is 0.455. The number of ether oxygens (including phenoxy) is 1. The summed E-state index contributed by atoms with van der Waals surface area (Å²) in [6.07, 6.45) is 0. The first-order valence-corrected chi connectivity index (χ1v) is 5.90. The van der Waals surface area contributed by atoms with Gasteiger partial charge in [0.1, 0.15) is 5.75 Å². The number of hydrogen-bond donors (Lipinski definition) is 3. The minimum absolute atomic E-state index is 0.0480. The molecule has 5 heteroatoms. The maximum Gasteiger partial charge on any atom is 0.134 e. The predicted octanol–water partition coefficient (Wildman–Crippen LogP) is 1.25. The number of hydrogen-bond acceptors (Lipinski definition) is 4. The second-order valence-corrected chi connectivity index (χ2v) is 4.11. The molecule has 1 rings (SSSR count). The molecule has 0 aromatic heterocycles. The Labute approximate surface area is 103 Å². The summed E-state index contributed by atoms with van der Waals surface area (Å²) in [7, 11) is 0. The van der Waals surface area contributed by atoms with E-state index in [9.17, 15) is 5.11 Å². The lowest BCUT2D eigenvalue weighted by atomic mass is 10.2. The minimum Gasteiger partial charge on any atom is -0.506 e. The van der Waals surface area contributed by atoms with Gasteiger partial charge in [-0.1, -0.05) is 12.1 Å². The molecular formula is C11H16BrNO3. The van der Waals surface area contributed by atoms with Crippen LogP contribution in [0.25, 0.3) is 0 Å². The Hall–Kier alpha value is -0.620. The topological polar surface area (TPSA) is 61.7 Å². The third-order valence-corrected chi connectivity index (χ3v) is 2.68. The molecule has 0 radical (unpaired) electrons. The van der Waals surface area contributed by atoms with Crippen molar-refractivity contribution in [2.24, 2.45) is 0 Å². The van der Waals surface area contributed by atoms with Crippen LogP contribution in [0.15, 0.2) is 22.7 Å². The summed E-state index contributed by atoms with van der Waals surface area (Å²) in [5.74, 6) is 0.270. The van der Waals surface area contributed by atoms with Gasteiger partial charge < -0.3 is 20.3 Å². The van der Waals surface area contributed by atoms with Crippen molar-refractivity contribution in [1.29, 1.82) is 0 Å². The van der Waals surface area contributed by atoms with Crippen LogP contribution in [0.5, 0.6) is 5.75 Å². The van der Waals surface area contributed by atoms with Gasteiger partial charge in [0, 0.05) is 18.7 Å². The highest BCUT2D eigenvalue weighted by atomic mass is 79.9. The van der Waals surface area contributed by atoms with Gasteiger partial charge in [-0.05, 0) is 22.0 Å². The molecule has 0 atom stereocenters. The largest absolute Gasteiger partial charge is 0.506 e. The van der Waals surface area contributed by atoms with Crippen LogP contribution in [0.4, 0.5) is 0 Å². The van der Waals surface area contributed by atoms with Crippen LogP contribution in [0, 0.1) is 0 Å². The normalized spacial score (nSPS) is 10.6. The molecule has 0 fully saturated rings. The first kappa shape index (κ1) is 13.4. The highest BCUT2D eigenvalue weighted by Gasteiger charge is 2.03. The van der Waals surface area contributed by atoms with E-state index in [1.807, 2.05) is 12.1 Å². The van der Waals surface area contributed by atoms with Gasteiger partial charge in [0.15, 0.2) is 0 Å². The van der Waals surface area contributed by atoms with E-state index in [2.05, 4.69) is 21.2 Å². The predicted molar refractivity (Wildman–Crippen MR) is 65.4 cm³/mol.